The van der Waals surface area contributed by atoms with Crippen LogP contribution in [0.25, 0.3) is 10.8 Å². The summed E-state index contributed by atoms with van der Waals surface area (Å²) in [5.74, 6) is 0.136. The van der Waals surface area contributed by atoms with Crippen molar-refractivity contribution in [3.63, 3.8) is 0 Å². The van der Waals surface area contributed by atoms with Crippen molar-refractivity contribution in [2.24, 2.45) is 0 Å². The van der Waals surface area contributed by atoms with Crippen LogP contribution in [-0.4, -0.2) is 43.8 Å². The topological polar surface area (TPSA) is 32.8 Å². The van der Waals surface area contributed by atoms with Crippen LogP contribution in [0.3, 0.4) is 0 Å². The van der Waals surface area contributed by atoms with E-state index in [4.69, 9.17) is 4.74 Å². The van der Waals surface area contributed by atoms with Crippen LogP contribution in [0.1, 0.15) is 23.2 Å². The second kappa shape index (κ2) is 5.80. The minimum absolute atomic E-state index is 0.136. The largest absolute Gasteiger partial charge is 0.381 e. The Balaban J connectivity index is 1.82. The van der Waals surface area contributed by atoms with E-state index < -0.39 is 0 Å². The number of fused-ring (bicyclic) bond motifs is 3. The van der Waals surface area contributed by atoms with Gasteiger partial charge in [0, 0.05) is 36.2 Å². The van der Waals surface area contributed by atoms with E-state index in [1.165, 1.54) is 0 Å². The number of halogens is 1. The number of ether oxygens (including phenoxy) is 1. The van der Waals surface area contributed by atoms with E-state index in [9.17, 15) is 4.79 Å². The Morgan fingerprint density at radius 2 is 1.87 bits per heavy atom. The highest BCUT2D eigenvalue weighted by Gasteiger charge is 2.34. The second-order valence-electron chi connectivity index (χ2n) is 6.26. The van der Waals surface area contributed by atoms with E-state index in [0.29, 0.717) is 6.67 Å². The molecule has 0 radical (unpaired) electrons. The standard InChI is InChI=1S/C18H19BrN2O2/c1-20-11-21(12-6-8-23-9-7-12)18(22)15-10-16(19)13-4-2-3-5-14(13)17(15)20/h2-5,10,12H,6-9,11H2,1H3. The molecule has 120 valence electrons. The monoisotopic (exact) mass is 374 g/mol. The van der Waals surface area contributed by atoms with Gasteiger partial charge in [-0.05, 0) is 24.3 Å². The van der Waals surface area contributed by atoms with Gasteiger partial charge in [0.1, 0.15) is 0 Å². The molecular weight excluding hydrogens is 356 g/mol. The molecule has 5 heteroatoms. The normalized spacial score (nSPS) is 19.3. The van der Waals surface area contributed by atoms with Crippen molar-refractivity contribution >= 4 is 38.3 Å². The predicted molar refractivity (Wildman–Crippen MR) is 94.9 cm³/mol. The number of amides is 1. The molecule has 2 aromatic rings. The van der Waals surface area contributed by atoms with Crippen molar-refractivity contribution in [3.8, 4) is 0 Å². The third kappa shape index (κ3) is 2.42. The van der Waals surface area contributed by atoms with Crippen LogP contribution >= 0.6 is 15.9 Å². The number of rotatable bonds is 1. The Hall–Kier alpha value is -1.59. The van der Waals surface area contributed by atoms with Gasteiger partial charge in [-0.15, -0.1) is 0 Å². The van der Waals surface area contributed by atoms with Gasteiger partial charge in [-0.25, -0.2) is 0 Å². The van der Waals surface area contributed by atoms with Gasteiger partial charge in [-0.3, -0.25) is 4.79 Å². The molecule has 4 rings (SSSR count). The minimum atomic E-state index is 0.136. The molecule has 1 fully saturated rings. The molecule has 2 aliphatic heterocycles. The summed E-state index contributed by atoms with van der Waals surface area (Å²) in [6, 6.07) is 10.5. The molecule has 2 aromatic carbocycles. The Morgan fingerprint density at radius 1 is 1.17 bits per heavy atom. The molecule has 1 amide bonds. The van der Waals surface area contributed by atoms with Crippen LogP contribution in [-0.2, 0) is 4.74 Å². The van der Waals surface area contributed by atoms with Crippen LogP contribution in [0.5, 0.6) is 0 Å². The highest BCUT2D eigenvalue weighted by Crippen LogP contribution is 2.39. The van der Waals surface area contributed by atoms with Crippen molar-refractivity contribution in [1.82, 2.24) is 4.90 Å². The summed E-state index contributed by atoms with van der Waals surface area (Å²) in [5.41, 5.74) is 1.83. The predicted octanol–water partition coefficient (Wildman–Crippen LogP) is 3.63. The lowest BCUT2D eigenvalue weighted by Crippen LogP contribution is -2.51. The lowest BCUT2D eigenvalue weighted by molar-refractivity contribution is 0.0281. The average Bonchev–Trinajstić information content (AvgIpc) is 2.59. The quantitative estimate of drug-likeness (QED) is 0.763. The van der Waals surface area contributed by atoms with Crippen molar-refractivity contribution in [1.29, 1.82) is 0 Å². The fourth-order valence-corrected chi connectivity index (χ4v) is 4.26. The molecule has 0 saturated carbocycles. The fraction of sp³-hybridized carbons (Fsp3) is 0.389. The molecule has 0 bridgehead atoms. The summed E-state index contributed by atoms with van der Waals surface area (Å²) in [6.07, 6.45) is 1.84. The van der Waals surface area contributed by atoms with E-state index in [-0.39, 0.29) is 11.9 Å². The minimum Gasteiger partial charge on any atom is -0.381 e. The van der Waals surface area contributed by atoms with E-state index >= 15 is 0 Å². The number of hydrogen-bond donors (Lipinski definition) is 0. The average molecular weight is 375 g/mol. The van der Waals surface area contributed by atoms with Crippen LogP contribution in [0.15, 0.2) is 34.8 Å². The van der Waals surface area contributed by atoms with E-state index in [0.717, 1.165) is 52.6 Å². The first-order chi connectivity index (χ1) is 11.2. The lowest BCUT2D eigenvalue weighted by atomic mass is 9.98. The highest BCUT2D eigenvalue weighted by molar-refractivity contribution is 9.10. The SMILES string of the molecule is CN1CN(C2CCOCC2)C(=O)c2cc(Br)c3ccccc3c21. The smallest absolute Gasteiger partial charge is 0.257 e. The molecule has 4 nitrogen and oxygen atoms in total. The Kier molecular flexibility index (Phi) is 3.77. The fourth-order valence-electron chi connectivity index (χ4n) is 3.69. The van der Waals surface area contributed by atoms with Crippen molar-refractivity contribution in [2.75, 3.05) is 31.8 Å². The van der Waals surface area contributed by atoms with Gasteiger partial charge in [0.15, 0.2) is 0 Å². The van der Waals surface area contributed by atoms with E-state index in [2.05, 4.69) is 40.0 Å². The molecular formula is C18H19BrN2O2. The summed E-state index contributed by atoms with van der Waals surface area (Å²) in [6.45, 7) is 2.13. The molecule has 2 aliphatic rings. The van der Waals surface area contributed by atoms with Crippen molar-refractivity contribution in [3.05, 3.63) is 40.4 Å². The Labute approximate surface area is 144 Å². The summed E-state index contributed by atoms with van der Waals surface area (Å²) < 4.78 is 6.41. The number of hydrogen-bond acceptors (Lipinski definition) is 3. The number of carbonyl (C=O) groups excluding carboxylic acids is 1. The molecule has 1 saturated heterocycles. The molecule has 23 heavy (non-hydrogen) atoms. The zero-order valence-electron chi connectivity index (χ0n) is 13.1. The number of nitrogens with zero attached hydrogens (tertiary/aromatic N) is 2. The Bertz CT molecular complexity index is 771. The summed E-state index contributed by atoms with van der Waals surface area (Å²) >= 11 is 3.63. The lowest BCUT2D eigenvalue weighted by Gasteiger charge is -2.42. The molecule has 0 aliphatic carbocycles. The van der Waals surface area contributed by atoms with Gasteiger partial charge in [0.25, 0.3) is 5.91 Å². The third-order valence-corrected chi connectivity index (χ3v) is 5.49. The second-order valence-corrected chi connectivity index (χ2v) is 7.11. The van der Waals surface area contributed by atoms with Crippen molar-refractivity contribution < 1.29 is 9.53 Å². The maximum atomic E-state index is 13.1. The molecule has 0 spiro atoms. The number of benzene rings is 2. The Morgan fingerprint density at radius 3 is 2.61 bits per heavy atom. The van der Waals surface area contributed by atoms with Gasteiger partial charge in [-0.1, -0.05) is 40.2 Å². The van der Waals surface area contributed by atoms with Crippen molar-refractivity contribution in [2.45, 2.75) is 18.9 Å². The van der Waals surface area contributed by atoms with E-state index in [1.807, 2.05) is 23.1 Å². The maximum absolute atomic E-state index is 13.1. The van der Waals surface area contributed by atoms with E-state index in [1.54, 1.807) is 0 Å². The van der Waals surface area contributed by atoms with Gasteiger partial charge in [0.2, 0.25) is 0 Å². The van der Waals surface area contributed by atoms with Crippen LogP contribution in [0.2, 0.25) is 0 Å². The first-order valence-corrected chi connectivity index (χ1v) is 8.77. The van der Waals surface area contributed by atoms with Gasteiger partial charge in [-0.2, -0.15) is 0 Å². The molecule has 0 N–H and O–H groups in total. The van der Waals surface area contributed by atoms with Gasteiger partial charge < -0.3 is 14.5 Å². The number of anilines is 1. The van der Waals surface area contributed by atoms with Crippen LogP contribution in [0.4, 0.5) is 5.69 Å². The zero-order chi connectivity index (χ0) is 16.0. The summed E-state index contributed by atoms with van der Waals surface area (Å²) in [7, 11) is 2.07. The zero-order valence-corrected chi connectivity index (χ0v) is 14.7. The number of carbonyl (C=O) groups is 1. The summed E-state index contributed by atoms with van der Waals surface area (Å²) in [4.78, 5) is 17.3. The molecule has 0 atom stereocenters. The first kappa shape index (κ1) is 15.0. The van der Waals surface area contributed by atoms with Gasteiger partial charge >= 0.3 is 0 Å². The molecule has 2 heterocycles. The first-order valence-electron chi connectivity index (χ1n) is 7.98. The highest BCUT2D eigenvalue weighted by atomic mass is 79.9. The van der Waals surface area contributed by atoms with Gasteiger partial charge in [0.05, 0.1) is 17.9 Å². The van der Waals surface area contributed by atoms with Crippen LogP contribution < -0.4 is 4.90 Å². The maximum Gasteiger partial charge on any atom is 0.257 e. The third-order valence-electron chi connectivity index (χ3n) is 4.83. The summed E-state index contributed by atoms with van der Waals surface area (Å²) in [5, 5.41) is 2.27. The molecule has 0 unspecified atom stereocenters. The molecule has 0 aromatic heterocycles. The van der Waals surface area contributed by atoms with Crippen LogP contribution in [0, 0.1) is 0 Å².